The van der Waals surface area contributed by atoms with Crippen LogP contribution in [0.2, 0.25) is 0 Å². The van der Waals surface area contributed by atoms with Crippen molar-refractivity contribution in [2.75, 3.05) is 0 Å². The van der Waals surface area contributed by atoms with Gasteiger partial charge in [-0.25, -0.2) is 8.42 Å². The summed E-state index contributed by atoms with van der Waals surface area (Å²) < 4.78 is 34.0. The minimum Gasteiger partial charge on any atom is -0.471 e. The van der Waals surface area contributed by atoms with Crippen molar-refractivity contribution in [1.82, 2.24) is 9.19 Å². The average molecular weight is 488 g/mol. The van der Waals surface area contributed by atoms with Gasteiger partial charge in [0, 0.05) is 5.56 Å². The van der Waals surface area contributed by atoms with Gasteiger partial charge in [-0.3, -0.25) is 4.79 Å². The minimum atomic E-state index is -4.02. The molecular weight excluding hydrogens is 462 g/mol. The van der Waals surface area contributed by atoms with Crippen LogP contribution in [0.3, 0.4) is 0 Å². The molecular formula is C27H25N3O4S. The van der Waals surface area contributed by atoms with Crippen LogP contribution in [-0.4, -0.2) is 23.5 Å². The van der Waals surface area contributed by atoms with Gasteiger partial charge >= 0.3 is 0 Å². The highest BCUT2D eigenvalue weighted by Gasteiger charge is 2.29. The zero-order valence-electron chi connectivity index (χ0n) is 19.2. The van der Waals surface area contributed by atoms with Gasteiger partial charge < -0.3 is 10.5 Å². The molecule has 0 aliphatic rings. The summed E-state index contributed by atoms with van der Waals surface area (Å²) in [5, 5.41) is 3.28. The maximum Gasteiger partial charge on any atom is 0.264 e. The molecule has 7 nitrogen and oxygen atoms in total. The second-order valence-electron chi connectivity index (χ2n) is 8.05. The fourth-order valence-electron chi connectivity index (χ4n) is 3.64. The highest BCUT2D eigenvalue weighted by atomic mass is 32.2. The number of benzene rings is 3. The van der Waals surface area contributed by atoms with Crippen molar-refractivity contribution >= 4 is 15.9 Å². The van der Waals surface area contributed by atoms with Crippen molar-refractivity contribution in [2.24, 2.45) is 5.73 Å². The Morgan fingerprint density at radius 1 is 1.09 bits per heavy atom. The van der Waals surface area contributed by atoms with E-state index in [-0.39, 0.29) is 18.1 Å². The number of aromatic nitrogens is 2. The summed E-state index contributed by atoms with van der Waals surface area (Å²) >= 11 is 0. The van der Waals surface area contributed by atoms with Crippen LogP contribution in [-0.2, 0) is 16.6 Å². The van der Waals surface area contributed by atoms with E-state index in [0.717, 1.165) is 15.2 Å². The van der Waals surface area contributed by atoms with Crippen LogP contribution in [0.5, 0.6) is 5.88 Å². The molecule has 178 valence electrons. The van der Waals surface area contributed by atoms with Gasteiger partial charge in [-0.05, 0) is 35.7 Å². The quantitative estimate of drug-likeness (QED) is 0.346. The molecule has 35 heavy (non-hydrogen) atoms. The van der Waals surface area contributed by atoms with Crippen molar-refractivity contribution in [3.8, 4) is 17.0 Å². The molecule has 0 radical (unpaired) electrons. The van der Waals surface area contributed by atoms with Crippen molar-refractivity contribution in [3.05, 3.63) is 120 Å². The second kappa shape index (κ2) is 9.99. The number of rotatable bonds is 9. The van der Waals surface area contributed by atoms with Crippen LogP contribution in [0.4, 0.5) is 0 Å². The highest BCUT2D eigenvalue weighted by Crippen LogP contribution is 2.33. The van der Waals surface area contributed by atoms with Crippen molar-refractivity contribution in [3.63, 3.8) is 0 Å². The third kappa shape index (κ3) is 5.17. The number of aryl methyl sites for hydroxylation is 1. The molecule has 4 rings (SSSR count). The van der Waals surface area contributed by atoms with Crippen LogP contribution in [0.1, 0.15) is 32.3 Å². The summed E-state index contributed by atoms with van der Waals surface area (Å²) in [6.45, 7) is 5.86. The lowest BCUT2D eigenvalue weighted by molar-refractivity contribution is 0.100. The van der Waals surface area contributed by atoms with Crippen molar-refractivity contribution in [2.45, 2.75) is 18.8 Å². The Hall–Kier alpha value is -4.17. The highest BCUT2D eigenvalue weighted by molar-refractivity contribution is 7.90. The van der Waals surface area contributed by atoms with Gasteiger partial charge in [0.05, 0.1) is 11.8 Å². The van der Waals surface area contributed by atoms with E-state index in [1.54, 1.807) is 36.4 Å². The normalized spacial score (nSPS) is 12.1. The van der Waals surface area contributed by atoms with Crippen LogP contribution in [0.15, 0.2) is 97.7 Å². The zero-order valence-corrected chi connectivity index (χ0v) is 20.0. The Morgan fingerprint density at radius 3 is 2.46 bits per heavy atom. The van der Waals surface area contributed by atoms with Gasteiger partial charge in [0.15, 0.2) is 0 Å². The molecule has 1 amide bonds. The third-order valence-electron chi connectivity index (χ3n) is 5.54. The maximum atomic E-state index is 13.6. The van der Waals surface area contributed by atoms with Crippen molar-refractivity contribution in [1.29, 1.82) is 0 Å². The van der Waals surface area contributed by atoms with Gasteiger partial charge in [-0.15, -0.1) is 11.7 Å². The van der Waals surface area contributed by atoms with E-state index in [2.05, 4.69) is 11.7 Å². The molecule has 1 atom stereocenters. The largest absolute Gasteiger partial charge is 0.471 e. The first-order valence-electron chi connectivity index (χ1n) is 10.9. The number of carbonyl (C=O) groups is 1. The summed E-state index contributed by atoms with van der Waals surface area (Å²) in [4.78, 5) is 11.7. The number of ether oxygens (including phenoxy) is 1. The van der Waals surface area contributed by atoms with Crippen LogP contribution in [0.25, 0.3) is 11.1 Å². The van der Waals surface area contributed by atoms with E-state index in [0.29, 0.717) is 16.7 Å². The molecule has 8 heteroatoms. The topological polar surface area (TPSA) is 104 Å². The molecule has 0 saturated heterocycles. The monoisotopic (exact) mass is 487 g/mol. The molecule has 0 bridgehead atoms. The van der Waals surface area contributed by atoms with E-state index in [1.165, 1.54) is 12.3 Å². The molecule has 0 spiro atoms. The van der Waals surface area contributed by atoms with Crippen molar-refractivity contribution < 1.29 is 17.9 Å². The van der Waals surface area contributed by atoms with Gasteiger partial charge in [-0.2, -0.15) is 4.09 Å². The summed E-state index contributed by atoms with van der Waals surface area (Å²) in [5.41, 5.74) is 9.18. The first kappa shape index (κ1) is 24.0. The molecule has 0 aliphatic carbocycles. The zero-order chi connectivity index (χ0) is 25.0. The Balaban J connectivity index is 1.78. The smallest absolute Gasteiger partial charge is 0.264 e. The summed E-state index contributed by atoms with van der Waals surface area (Å²) in [6.07, 6.45) is 2.76. The predicted molar refractivity (Wildman–Crippen MR) is 135 cm³/mol. The Labute approximate surface area is 204 Å². The predicted octanol–water partition coefficient (Wildman–Crippen LogP) is 4.64. The number of nitrogens with zero attached hydrogens (tertiary/aromatic N) is 2. The Kier molecular flexibility index (Phi) is 6.84. The van der Waals surface area contributed by atoms with E-state index < -0.39 is 21.2 Å². The van der Waals surface area contributed by atoms with Gasteiger partial charge in [0.1, 0.15) is 11.9 Å². The molecule has 0 aliphatic heterocycles. The van der Waals surface area contributed by atoms with E-state index in [1.807, 2.05) is 49.4 Å². The van der Waals surface area contributed by atoms with E-state index >= 15 is 0 Å². The standard InChI is InChI=1S/C27H25N3O4S/c1-3-25(21-14-12-19(2)13-15-21)35(32,33)30-17-24(22-10-7-11-23(16-22)26(28)31)27(29-30)34-18-20-8-5-4-6-9-20/h3-17,25H,1,18H2,2H3,(H2,28,31). The molecule has 0 saturated carbocycles. The number of primary amides is 1. The molecule has 3 aromatic carbocycles. The molecule has 1 unspecified atom stereocenters. The van der Waals surface area contributed by atoms with E-state index in [9.17, 15) is 13.2 Å². The Bertz CT molecular complexity index is 1460. The van der Waals surface area contributed by atoms with Gasteiger partial charge in [0.25, 0.3) is 10.0 Å². The van der Waals surface area contributed by atoms with Crippen LogP contribution >= 0.6 is 0 Å². The molecule has 1 heterocycles. The average Bonchev–Trinajstić information content (AvgIpc) is 3.30. The molecule has 1 aromatic heterocycles. The number of nitrogens with two attached hydrogens (primary N) is 1. The first-order valence-corrected chi connectivity index (χ1v) is 12.4. The number of hydrogen-bond donors (Lipinski definition) is 1. The second-order valence-corrected chi connectivity index (χ2v) is 9.96. The summed E-state index contributed by atoms with van der Waals surface area (Å²) in [7, 11) is -4.02. The van der Waals surface area contributed by atoms with Gasteiger partial charge in [0.2, 0.25) is 11.8 Å². The fraction of sp³-hybridized carbons (Fsp3) is 0.111. The van der Waals surface area contributed by atoms with E-state index in [4.69, 9.17) is 10.5 Å². The SMILES string of the molecule is C=CC(c1ccc(C)cc1)S(=O)(=O)n1cc(-c2cccc(C(N)=O)c2)c(OCc2ccccc2)n1. The molecule has 0 fully saturated rings. The summed E-state index contributed by atoms with van der Waals surface area (Å²) in [6, 6.07) is 23.2. The lowest BCUT2D eigenvalue weighted by atomic mass is 10.1. The van der Waals surface area contributed by atoms with Gasteiger partial charge in [-0.1, -0.05) is 78.4 Å². The molecule has 2 N–H and O–H groups in total. The first-order chi connectivity index (χ1) is 16.8. The third-order valence-corrected chi connectivity index (χ3v) is 7.35. The van der Waals surface area contributed by atoms with Crippen LogP contribution < -0.4 is 10.5 Å². The lowest BCUT2D eigenvalue weighted by Crippen LogP contribution is -2.20. The Morgan fingerprint density at radius 2 is 1.80 bits per heavy atom. The molecule has 4 aromatic rings. The minimum absolute atomic E-state index is 0.116. The van der Waals surface area contributed by atoms with Crippen LogP contribution in [0, 0.1) is 6.92 Å². The number of carbonyl (C=O) groups excluding carboxylic acids is 1. The lowest BCUT2D eigenvalue weighted by Gasteiger charge is -2.14. The summed E-state index contributed by atoms with van der Waals surface area (Å²) in [5.74, 6) is -0.476. The fourth-order valence-corrected chi connectivity index (χ4v) is 5.06. The maximum absolute atomic E-state index is 13.6. The number of hydrogen-bond acceptors (Lipinski definition) is 5. The number of amides is 1.